The molecule has 5 aliphatic rings. The highest BCUT2D eigenvalue weighted by Gasteiger charge is 2.78. The van der Waals surface area contributed by atoms with E-state index < -0.39 is 11.2 Å². The van der Waals surface area contributed by atoms with Gasteiger partial charge in [0.05, 0.1) is 11.1 Å². The van der Waals surface area contributed by atoms with Gasteiger partial charge in [-0.1, -0.05) is 30.7 Å². The summed E-state index contributed by atoms with van der Waals surface area (Å²) in [7, 11) is 0. The summed E-state index contributed by atoms with van der Waals surface area (Å²) in [5, 5.41) is 12.3. The largest absolute Gasteiger partial charge is 0.504 e. The molecule has 35 heavy (non-hydrogen) atoms. The molecule has 2 aromatic carbocycles. The number of aromatic nitrogens is 1. The van der Waals surface area contributed by atoms with Gasteiger partial charge in [-0.3, -0.25) is 4.90 Å². The molecular weight excluding hydrogens is 436 g/mol. The number of nitrogens with zero attached hydrogens (tertiary/aromatic N) is 1. The Morgan fingerprint density at radius 1 is 1.20 bits per heavy atom. The van der Waals surface area contributed by atoms with E-state index in [4.69, 9.17) is 9.47 Å². The van der Waals surface area contributed by atoms with Crippen molar-refractivity contribution in [1.82, 2.24) is 9.88 Å². The lowest BCUT2D eigenvalue weighted by molar-refractivity contribution is -0.226. The molecule has 3 heterocycles. The number of aromatic hydroxyl groups is 1. The Morgan fingerprint density at radius 2 is 2.06 bits per heavy atom. The van der Waals surface area contributed by atoms with Crippen molar-refractivity contribution in [3.8, 4) is 11.5 Å². The third-order valence-corrected chi connectivity index (χ3v) is 10.5. The van der Waals surface area contributed by atoms with Gasteiger partial charge in [-0.25, -0.2) is 0 Å². The first-order valence-electron chi connectivity index (χ1n) is 13.5. The standard InChI is InChI=1S/C30H34N2O3/c1-3-34-30-16-21-20-9-4-5-10-22(20)31-27(21)28(2)29(30)13-14-32(17-18-7-6-8-18)24(30)15-19-11-12-23(33)26(35-28)25(19)29/h4-5,9-12,18,24,31,33H,3,6-8,13-17H2,1-2H3/t24-,28-,29-,30+/m0/s1. The van der Waals surface area contributed by atoms with Crippen LogP contribution in [0.2, 0.25) is 0 Å². The van der Waals surface area contributed by atoms with Crippen molar-refractivity contribution in [1.29, 1.82) is 0 Å². The van der Waals surface area contributed by atoms with Crippen molar-refractivity contribution in [2.45, 2.75) is 75.0 Å². The van der Waals surface area contributed by atoms with Crippen molar-refractivity contribution in [3.05, 3.63) is 58.8 Å². The topological polar surface area (TPSA) is 57.7 Å². The van der Waals surface area contributed by atoms with E-state index in [2.05, 4.69) is 54.1 Å². The Hall–Kier alpha value is -2.50. The summed E-state index contributed by atoms with van der Waals surface area (Å²) in [6.07, 6.45) is 6.90. The fourth-order valence-electron chi connectivity index (χ4n) is 8.96. The molecule has 2 bridgehead atoms. The minimum Gasteiger partial charge on any atom is -0.504 e. The molecule has 3 aliphatic carbocycles. The van der Waals surface area contributed by atoms with E-state index in [0.29, 0.717) is 18.4 Å². The van der Waals surface area contributed by atoms with E-state index in [-0.39, 0.29) is 11.2 Å². The lowest BCUT2D eigenvalue weighted by Gasteiger charge is -2.67. The molecule has 1 spiro atoms. The average molecular weight is 471 g/mol. The maximum absolute atomic E-state index is 11.0. The zero-order valence-corrected chi connectivity index (χ0v) is 20.7. The smallest absolute Gasteiger partial charge is 0.166 e. The van der Waals surface area contributed by atoms with E-state index in [0.717, 1.165) is 37.2 Å². The first-order chi connectivity index (χ1) is 17.0. The lowest BCUT2D eigenvalue weighted by Crippen LogP contribution is -2.79. The van der Waals surface area contributed by atoms with Crippen LogP contribution in [-0.2, 0) is 28.6 Å². The molecule has 5 heteroatoms. The number of rotatable bonds is 4. The van der Waals surface area contributed by atoms with Gasteiger partial charge in [-0.05, 0) is 75.3 Å². The predicted octanol–water partition coefficient (Wildman–Crippen LogP) is 5.18. The molecule has 1 aromatic heterocycles. The Kier molecular flexibility index (Phi) is 3.91. The van der Waals surface area contributed by atoms with Crippen molar-refractivity contribution >= 4 is 10.9 Å². The molecule has 5 nitrogen and oxygen atoms in total. The number of hydrogen-bond donors (Lipinski definition) is 2. The summed E-state index contributed by atoms with van der Waals surface area (Å²) in [5.41, 5.74) is 4.84. The Morgan fingerprint density at radius 3 is 2.86 bits per heavy atom. The molecule has 0 unspecified atom stereocenters. The quantitative estimate of drug-likeness (QED) is 0.552. The van der Waals surface area contributed by atoms with E-state index in [1.807, 2.05) is 6.07 Å². The number of likely N-dealkylation sites (tertiary alicyclic amines) is 1. The van der Waals surface area contributed by atoms with Crippen LogP contribution in [0.4, 0.5) is 0 Å². The molecule has 4 atom stereocenters. The summed E-state index contributed by atoms with van der Waals surface area (Å²) < 4.78 is 14.1. The first kappa shape index (κ1) is 20.7. The molecule has 2 fully saturated rings. The molecule has 8 rings (SSSR count). The summed E-state index contributed by atoms with van der Waals surface area (Å²) >= 11 is 0. The van der Waals surface area contributed by atoms with Gasteiger partial charge >= 0.3 is 0 Å². The number of benzene rings is 2. The number of fused-ring (bicyclic) bond motifs is 4. The number of piperidine rings is 1. The van der Waals surface area contributed by atoms with Gasteiger partial charge in [0, 0.05) is 42.1 Å². The molecule has 0 amide bonds. The number of H-pyrrole nitrogens is 1. The second-order valence-electron chi connectivity index (χ2n) is 11.8. The van der Waals surface area contributed by atoms with Crippen molar-refractivity contribution in [2.75, 3.05) is 19.7 Å². The Balaban J connectivity index is 1.45. The number of phenolic OH excluding ortho intramolecular Hbond substituents is 1. The maximum atomic E-state index is 11.0. The molecular formula is C30H34N2O3. The highest BCUT2D eigenvalue weighted by Crippen LogP contribution is 2.72. The fourth-order valence-corrected chi connectivity index (χ4v) is 8.96. The maximum Gasteiger partial charge on any atom is 0.166 e. The number of para-hydroxylation sites is 1. The fraction of sp³-hybridized carbons (Fsp3) is 0.533. The monoisotopic (exact) mass is 470 g/mol. The number of hydrogen-bond acceptors (Lipinski definition) is 4. The molecule has 1 saturated heterocycles. The first-order valence-corrected chi connectivity index (χ1v) is 13.5. The van der Waals surface area contributed by atoms with Gasteiger partial charge in [0.15, 0.2) is 17.1 Å². The molecule has 1 saturated carbocycles. The Labute approximate surface area is 206 Å². The van der Waals surface area contributed by atoms with Gasteiger partial charge in [0.2, 0.25) is 0 Å². The normalized spacial score (nSPS) is 34.9. The number of aromatic amines is 1. The van der Waals surface area contributed by atoms with Crippen LogP contribution in [0.1, 0.15) is 61.9 Å². The van der Waals surface area contributed by atoms with Crippen LogP contribution in [0.3, 0.4) is 0 Å². The zero-order valence-electron chi connectivity index (χ0n) is 20.7. The van der Waals surface area contributed by atoms with E-state index in [1.54, 1.807) is 0 Å². The Bertz CT molecular complexity index is 1380. The van der Waals surface area contributed by atoms with Crippen LogP contribution in [0.15, 0.2) is 36.4 Å². The van der Waals surface area contributed by atoms with Crippen molar-refractivity contribution < 1.29 is 14.6 Å². The van der Waals surface area contributed by atoms with Crippen LogP contribution < -0.4 is 4.74 Å². The summed E-state index contributed by atoms with van der Waals surface area (Å²) in [4.78, 5) is 6.57. The highest BCUT2D eigenvalue weighted by atomic mass is 16.5. The van der Waals surface area contributed by atoms with E-state index in [9.17, 15) is 5.11 Å². The second kappa shape index (κ2) is 6.63. The van der Waals surface area contributed by atoms with Gasteiger partial charge in [0.1, 0.15) is 5.60 Å². The zero-order chi connectivity index (χ0) is 23.6. The minimum atomic E-state index is -0.633. The van der Waals surface area contributed by atoms with Crippen molar-refractivity contribution in [3.63, 3.8) is 0 Å². The summed E-state index contributed by atoms with van der Waals surface area (Å²) in [6, 6.07) is 12.9. The van der Waals surface area contributed by atoms with Crippen LogP contribution >= 0.6 is 0 Å². The second-order valence-corrected chi connectivity index (χ2v) is 11.8. The number of phenols is 1. The van der Waals surface area contributed by atoms with Crippen molar-refractivity contribution in [2.24, 2.45) is 5.92 Å². The van der Waals surface area contributed by atoms with E-state index >= 15 is 0 Å². The lowest BCUT2D eigenvalue weighted by atomic mass is 9.45. The third-order valence-electron chi connectivity index (χ3n) is 10.5. The predicted molar refractivity (Wildman–Crippen MR) is 135 cm³/mol. The molecule has 0 radical (unpaired) electrons. The molecule has 182 valence electrons. The molecule has 2 N–H and O–H groups in total. The number of nitrogens with one attached hydrogen (secondary N) is 1. The SMILES string of the molecule is CCO[C@@]12Cc3c([nH]c4ccccc34)[C@]3(C)Oc4c(O)ccc5c4[C@@]31CCN(CC1CCC1)[C@H]2C5. The van der Waals surface area contributed by atoms with Crippen LogP contribution in [-0.4, -0.2) is 46.3 Å². The summed E-state index contributed by atoms with van der Waals surface area (Å²) in [6.45, 7) is 7.31. The van der Waals surface area contributed by atoms with Crippen LogP contribution in [0.5, 0.6) is 11.5 Å². The van der Waals surface area contributed by atoms with Crippen LogP contribution in [0, 0.1) is 5.92 Å². The van der Waals surface area contributed by atoms with Gasteiger partial charge in [0.25, 0.3) is 0 Å². The average Bonchev–Trinajstić information content (AvgIpc) is 3.32. The van der Waals surface area contributed by atoms with Gasteiger partial charge < -0.3 is 19.6 Å². The van der Waals surface area contributed by atoms with Crippen LogP contribution in [0.25, 0.3) is 10.9 Å². The van der Waals surface area contributed by atoms with E-state index in [1.165, 1.54) is 53.6 Å². The van der Waals surface area contributed by atoms with Gasteiger partial charge in [-0.15, -0.1) is 0 Å². The third kappa shape index (κ3) is 2.20. The number of ether oxygens (including phenoxy) is 2. The molecule has 2 aliphatic heterocycles. The molecule has 3 aromatic rings. The highest BCUT2D eigenvalue weighted by molar-refractivity contribution is 5.86. The minimum absolute atomic E-state index is 0.257. The van der Waals surface area contributed by atoms with Gasteiger partial charge in [-0.2, -0.15) is 0 Å². The summed E-state index contributed by atoms with van der Waals surface area (Å²) in [5.74, 6) is 1.76.